The molecule has 31 heavy (non-hydrogen) atoms. The second kappa shape index (κ2) is 11.8. The Labute approximate surface area is 196 Å². The fraction of sp³-hybridized carbons (Fsp3) is 0.435. The highest BCUT2D eigenvalue weighted by atomic mass is 35.5. The Hall–Kier alpha value is -1.70. The molecule has 170 valence electrons. The van der Waals surface area contributed by atoms with Crippen molar-refractivity contribution in [1.82, 2.24) is 20.0 Å². The van der Waals surface area contributed by atoms with Gasteiger partial charge in [-0.25, -0.2) is 4.39 Å². The van der Waals surface area contributed by atoms with Crippen molar-refractivity contribution in [1.29, 1.82) is 0 Å². The van der Waals surface area contributed by atoms with E-state index in [1.54, 1.807) is 6.07 Å². The highest BCUT2D eigenvalue weighted by Crippen LogP contribution is 2.25. The zero-order chi connectivity index (χ0) is 20.2. The van der Waals surface area contributed by atoms with E-state index in [1.807, 2.05) is 23.1 Å². The molecule has 0 saturated carbocycles. The number of nitrogens with zero attached hydrogens (tertiary/aromatic N) is 3. The summed E-state index contributed by atoms with van der Waals surface area (Å²) in [6.07, 6.45) is 0. The standard InChI is InChI=1S/C23H29FN4O.2ClH/c1-26-11-13-27(14-12-26)17-18-5-7-19(8-6-18)23(29)28-10-9-25-16-22(28)20-3-2-4-21(24)15-20;;/h2-8,15,22,25H,9-14,16-17H2,1H3;2*1H. The first-order chi connectivity index (χ1) is 14.1. The molecule has 0 aliphatic carbocycles. The first kappa shape index (κ1) is 25.6. The molecule has 0 bridgehead atoms. The Morgan fingerprint density at radius 2 is 1.74 bits per heavy atom. The van der Waals surface area contributed by atoms with Crippen molar-refractivity contribution in [2.75, 3.05) is 52.9 Å². The van der Waals surface area contributed by atoms with Crippen molar-refractivity contribution in [3.8, 4) is 0 Å². The molecule has 2 heterocycles. The van der Waals surface area contributed by atoms with Gasteiger partial charge in [-0.3, -0.25) is 9.69 Å². The van der Waals surface area contributed by atoms with Crippen LogP contribution in [0.3, 0.4) is 0 Å². The zero-order valence-electron chi connectivity index (χ0n) is 17.8. The van der Waals surface area contributed by atoms with Gasteiger partial charge in [0.1, 0.15) is 5.82 Å². The summed E-state index contributed by atoms with van der Waals surface area (Å²) in [7, 11) is 2.16. The number of hydrogen-bond acceptors (Lipinski definition) is 4. The molecule has 8 heteroatoms. The summed E-state index contributed by atoms with van der Waals surface area (Å²) in [6.45, 7) is 7.27. The molecule has 2 saturated heterocycles. The monoisotopic (exact) mass is 468 g/mol. The van der Waals surface area contributed by atoms with Crippen LogP contribution in [0.5, 0.6) is 0 Å². The van der Waals surface area contributed by atoms with Crippen molar-refractivity contribution in [2.24, 2.45) is 0 Å². The largest absolute Gasteiger partial charge is 0.329 e. The lowest BCUT2D eigenvalue weighted by molar-refractivity contribution is 0.0634. The smallest absolute Gasteiger partial charge is 0.254 e. The van der Waals surface area contributed by atoms with E-state index in [-0.39, 0.29) is 42.6 Å². The van der Waals surface area contributed by atoms with Crippen LogP contribution in [-0.2, 0) is 6.54 Å². The molecule has 1 atom stereocenters. The minimum absolute atomic E-state index is 0. The molecule has 2 aromatic rings. The zero-order valence-corrected chi connectivity index (χ0v) is 19.4. The van der Waals surface area contributed by atoms with E-state index >= 15 is 0 Å². The Balaban J connectivity index is 0.00000171. The molecule has 2 aromatic carbocycles. The Morgan fingerprint density at radius 3 is 2.42 bits per heavy atom. The lowest BCUT2D eigenvalue weighted by Gasteiger charge is -2.36. The number of nitrogens with one attached hydrogen (secondary N) is 1. The van der Waals surface area contributed by atoms with Gasteiger partial charge in [0.15, 0.2) is 0 Å². The molecule has 2 fully saturated rings. The summed E-state index contributed by atoms with van der Waals surface area (Å²) >= 11 is 0. The summed E-state index contributed by atoms with van der Waals surface area (Å²) < 4.78 is 13.7. The molecule has 2 aliphatic heterocycles. The summed E-state index contributed by atoms with van der Waals surface area (Å²) in [5.74, 6) is -0.263. The highest BCUT2D eigenvalue weighted by molar-refractivity contribution is 5.94. The van der Waals surface area contributed by atoms with Crippen LogP contribution in [-0.4, -0.2) is 73.5 Å². The molecule has 1 unspecified atom stereocenters. The molecule has 5 nitrogen and oxygen atoms in total. The first-order valence-corrected chi connectivity index (χ1v) is 10.4. The summed E-state index contributed by atoms with van der Waals surface area (Å²) in [4.78, 5) is 19.9. The number of halogens is 3. The molecule has 1 N–H and O–H groups in total. The molecule has 0 radical (unpaired) electrons. The van der Waals surface area contributed by atoms with Crippen LogP contribution in [0.1, 0.15) is 27.5 Å². The first-order valence-electron chi connectivity index (χ1n) is 10.4. The third kappa shape index (κ3) is 6.40. The van der Waals surface area contributed by atoms with Crippen LogP contribution in [0.2, 0.25) is 0 Å². The van der Waals surface area contributed by atoms with E-state index in [1.165, 1.54) is 17.7 Å². The fourth-order valence-electron chi connectivity index (χ4n) is 4.14. The average molecular weight is 469 g/mol. The van der Waals surface area contributed by atoms with Gasteiger partial charge in [-0.2, -0.15) is 0 Å². The van der Waals surface area contributed by atoms with Crippen molar-refractivity contribution < 1.29 is 9.18 Å². The van der Waals surface area contributed by atoms with Crippen molar-refractivity contribution in [3.63, 3.8) is 0 Å². The molecule has 0 spiro atoms. The summed E-state index contributed by atoms with van der Waals surface area (Å²) in [5, 5.41) is 3.32. The second-order valence-electron chi connectivity index (χ2n) is 8.05. The fourth-order valence-corrected chi connectivity index (χ4v) is 4.14. The Bertz CT molecular complexity index is 844. The molecular weight excluding hydrogens is 438 g/mol. The van der Waals surface area contributed by atoms with E-state index < -0.39 is 0 Å². The van der Waals surface area contributed by atoms with Crippen LogP contribution in [0.25, 0.3) is 0 Å². The van der Waals surface area contributed by atoms with Crippen molar-refractivity contribution in [2.45, 2.75) is 12.6 Å². The minimum Gasteiger partial charge on any atom is -0.329 e. The quantitative estimate of drug-likeness (QED) is 0.747. The lowest BCUT2D eigenvalue weighted by atomic mass is 10.0. The van der Waals surface area contributed by atoms with Gasteiger partial charge in [0.05, 0.1) is 6.04 Å². The SMILES string of the molecule is CN1CCN(Cc2ccc(C(=O)N3CCNCC3c3cccc(F)c3)cc2)CC1.Cl.Cl. The van der Waals surface area contributed by atoms with Gasteiger partial charge in [0.25, 0.3) is 5.91 Å². The topological polar surface area (TPSA) is 38.8 Å². The van der Waals surface area contributed by atoms with Gasteiger partial charge >= 0.3 is 0 Å². The van der Waals surface area contributed by atoms with Gasteiger partial charge < -0.3 is 15.1 Å². The Morgan fingerprint density at radius 1 is 1.03 bits per heavy atom. The predicted octanol–water partition coefficient (Wildman–Crippen LogP) is 3.20. The second-order valence-corrected chi connectivity index (χ2v) is 8.05. The summed E-state index contributed by atoms with van der Waals surface area (Å²) in [5.41, 5.74) is 2.75. The molecule has 1 amide bonds. The van der Waals surface area contributed by atoms with Crippen LogP contribution in [0, 0.1) is 5.82 Å². The van der Waals surface area contributed by atoms with Crippen LogP contribution >= 0.6 is 24.8 Å². The molecule has 4 rings (SSSR count). The lowest BCUT2D eigenvalue weighted by Crippen LogP contribution is -2.48. The van der Waals surface area contributed by atoms with E-state index in [2.05, 4.69) is 34.3 Å². The van der Waals surface area contributed by atoms with Crippen molar-refractivity contribution >= 4 is 30.7 Å². The third-order valence-corrected chi connectivity index (χ3v) is 5.94. The van der Waals surface area contributed by atoms with Crippen LogP contribution < -0.4 is 5.32 Å². The summed E-state index contributed by atoms with van der Waals surface area (Å²) in [6, 6.07) is 14.4. The van der Waals surface area contributed by atoms with Crippen molar-refractivity contribution in [3.05, 3.63) is 71.0 Å². The number of rotatable bonds is 4. The maximum atomic E-state index is 13.7. The van der Waals surface area contributed by atoms with Crippen LogP contribution in [0.15, 0.2) is 48.5 Å². The number of carbonyl (C=O) groups is 1. The van der Waals surface area contributed by atoms with Gasteiger partial charge in [-0.05, 0) is 42.4 Å². The van der Waals surface area contributed by atoms with Gasteiger partial charge in [-0.15, -0.1) is 24.8 Å². The molecular formula is C23H31Cl2FN4O. The normalized spacial score (nSPS) is 19.9. The van der Waals surface area contributed by atoms with Gasteiger partial charge in [-0.1, -0.05) is 24.3 Å². The number of carbonyl (C=O) groups excluding carboxylic acids is 1. The van der Waals surface area contributed by atoms with E-state index in [0.717, 1.165) is 44.8 Å². The minimum atomic E-state index is -0.270. The van der Waals surface area contributed by atoms with E-state index in [0.29, 0.717) is 18.7 Å². The number of likely N-dealkylation sites (N-methyl/N-ethyl adjacent to an activating group) is 1. The number of amides is 1. The number of hydrogen-bond donors (Lipinski definition) is 1. The van der Waals surface area contributed by atoms with Gasteiger partial charge in [0, 0.05) is 57.9 Å². The average Bonchev–Trinajstić information content (AvgIpc) is 2.75. The highest BCUT2D eigenvalue weighted by Gasteiger charge is 2.28. The van der Waals surface area contributed by atoms with Crippen LogP contribution in [0.4, 0.5) is 4.39 Å². The van der Waals surface area contributed by atoms with Gasteiger partial charge in [0.2, 0.25) is 0 Å². The number of benzene rings is 2. The van der Waals surface area contributed by atoms with E-state index in [4.69, 9.17) is 0 Å². The Kier molecular flexibility index (Phi) is 9.72. The molecule has 2 aliphatic rings. The van der Waals surface area contributed by atoms with E-state index in [9.17, 15) is 9.18 Å². The maximum absolute atomic E-state index is 13.7. The maximum Gasteiger partial charge on any atom is 0.254 e. The predicted molar refractivity (Wildman–Crippen MR) is 127 cm³/mol. The third-order valence-electron chi connectivity index (χ3n) is 5.94. The molecule has 0 aromatic heterocycles. The number of piperazine rings is 2.